The summed E-state index contributed by atoms with van der Waals surface area (Å²) in [6, 6.07) is 11.1. The number of nitrogens with one attached hydrogen (secondary N) is 1. The highest BCUT2D eigenvalue weighted by molar-refractivity contribution is 7.92. The summed E-state index contributed by atoms with van der Waals surface area (Å²) >= 11 is 0. The number of methoxy groups -OCH3 is 2. The van der Waals surface area contributed by atoms with Gasteiger partial charge in [-0.1, -0.05) is 18.2 Å². The van der Waals surface area contributed by atoms with E-state index < -0.39 is 28.9 Å². The molecule has 1 aromatic carbocycles. The number of rotatable bonds is 8. The van der Waals surface area contributed by atoms with Gasteiger partial charge in [0.05, 0.1) is 18.3 Å². The van der Waals surface area contributed by atoms with Crippen molar-refractivity contribution in [1.82, 2.24) is 19.9 Å². The Labute approximate surface area is 205 Å². The molecule has 0 spiro atoms. The zero-order valence-corrected chi connectivity index (χ0v) is 18.4. The lowest BCUT2D eigenvalue weighted by atomic mass is 10.2. The van der Waals surface area contributed by atoms with Crippen molar-refractivity contribution >= 4 is 15.8 Å². The van der Waals surface area contributed by atoms with Gasteiger partial charge in [0, 0.05) is 28.3 Å². The zero-order valence-electron chi connectivity index (χ0n) is 23.6. The Morgan fingerprint density at radius 3 is 2.44 bits per heavy atom. The summed E-state index contributed by atoms with van der Waals surface area (Å²) in [5.74, 6) is -1.12. The fraction of sp³-hybridized carbons (Fsp3) is 0.130. The maximum Gasteiger partial charge on any atom is 0.280 e. The molecule has 3 heterocycles. The summed E-state index contributed by atoms with van der Waals surface area (Å²) in [6.45, 7) is -2.48. The van der Waals surface area contributed by atoms with E-state index in [1.807, 2.05) is 0 Å². The van der Waals surface area contributed by atoms with Gasteiger partial charge in [-0.05, 0) is 42.7 Å². The lowest BCUT2D eigenvalue weighted by Gasteiger charge is -2.17. The minimum Gasteiger partial charge on any atom is -0.493 e. The number of anilines is 1. The van der Waals surface area contributed by atoms with Gasteiger partial charge in [-0.25, -0.2) is 9.97 Å². The Kier molecular flexibility index (Phi) is 4.68. The molecule has 0 radical (unpaired) electrons. The maximum atomic E-state index is 13.3. The average molecular weight is 486 g/mol. The fourth-order valence-corrected chi connectivity index (χ4v) is 3.74. The second-order valence-electron chi connectivity index (χ2n) is 6.61. The third-order valence-electron chi connectivity index (χ3n) is 4.38. The van der Waals surface area contributed by atoms with Crippen molar-refractivity contribution in [2.45, 2.75) is 11.9 Å². The number of para-hydroxylation sites is 2. The lowest BCUT2D eigenvalue weighted by Crippen LogP contribution is -2.17. The molecule has 0 aliphatic carbocycles. The van der Waals surface area contributed by atoms with E-state index in [-0.39, 0.29) is 40.3 Å². The molecule has 34 heavy (non-hydrogen) atoms. The summed E-state index contributed by atoms with van der Waals surface area (Å²) in [6.07, 6.45) is 3.90. The molecule has 1 N–H and O–H groups in total. The molecule has 4 aromatic rings. The Morgan fingerprint density at radius 2 is 1.76 bits per heavy atom. The van der Waals surface area contributed by atoms with E-state index in [0.29, 0.717) is 5.56 Å². The van der Waals surface area contributed by atoms with E-state index in [1.165, 1.54) is 37.7 Å². The van der Waals surface area contributed by atoms with Crippen LogP contribution in [0.3, 0.4) is 0 Å². The van der Waals surface area contributed by atoms with Gasteiger partial charge in [-0.2, -0.15) is 13.4 Å². The molecule has 0 fully saturated rings. The fourth-order valence-electron chi connectivity index (χ4n) is 2.81. The van der Waals surface area contributed by atoms with Crippen molar-refractivity contribution in [3.63, 3.8) is 0 Å². The molecule has 10 nitrogen and oxygen atoms in total. The third-order valence-corrected chi connectivity index (χ3v) is 5.63. The van der Waals surface area contributed by atoms with Crippen molar-refractivity contribution in [3.8, 4) is 34.5 Å². The summed E-state index contributed by atoms with van der Waals surface area (Å²) < 4.78 is 89.8. The van der Waals surface area contributed by atoms with Crippen molar-refractivity contribution in [2.24, 2.45) is 0 Å². The second-order valence-corrected chi connectivity index (χ2v) is 8.24. The van der Waals surface area contributed by atoms with Crippen LogP contribution in [0.25, 0.3) is 11.4 Å². The Morgan fingerprint density at radius 1 is 0.971 bits per heavy atom. The van der Waals surface area contributed by atoms with Gasteiger partial charge < -0.3 is 14.2 Å². The van der Waals surface area contributed by atoms with Gasteiger partial charge in [-0.15, -0.1) is 0 Å². The first-order valence-corrected chi connectivity index (χ1v) is 11.1. The largest absolute Gasteiger partial charge is 0.493 e. The quantitative estimate of drug-likeness (QED) is 0.396. The van der Waals surface area contributed by atoms with Gasteiger partial charge >= 0.3 is 0 Å². The molecule has 3 aromatic heterocycles. The summed E-state index contributed by atoms with van der Waals surface area (Å²) in [4.78, 5) is 16.4. The number of hydrogen-bond donors (Lipinski definition) is 1. The molecule has 0 bridgehead atoms. The van der Waals surface area contributed by atoms with Gasteiger partial charge in [0.15, 0.2) is 28.2 Å². The summed E-state index contributed by atoms with van der Waals surface area (Å²) in [5, 5.41) is -0.499. The molecule has 0 aliphatic heterocycles. The highest BCUT2D eigenvalue weighted by Gasteiger charge is 2.25. The average Bonchev–Trinajstić information content (AvgIpc) is 2.89. The van der Waals surface area contributed by atoms with Crippen LogP contribution in [0.5, 0.6) is 23.1 Å². The van der Waals surface area contributed by atoms with Crippen LogP contribution >= 0.6 is 0 Å². The van der Waals surface area contributed by atoms with Crippen LogP contribution in [-0.4, -0.2) is 42.5 Å². The van der Waals surface area contributed by atoms with Crippen molar-refractivity contribution in [2.75, 3.05) is 18.9 Å². The van der Waals surface area contributed by atoms with E-state index >= 15 is 0 Å². The number of nitrogens with zero attached hydrogens (tertiary/aromatic N) is 4. The number of ether oxygens (including phenoxy) is 3. The van der Waals surface area contributed by atoms with Crippen LogP contribution in [-0.2, 0) is 10.0 Å². The molecular weight excluding hydrogens is 458 g/mol. The van der Waals surface area contributed by atoms with Gasteiger partial charge in [0.2, 0.25) is 5.75 Å². The molecule has 0 saturated carbocycles. The number of hydrogen-bond acceptors (Lipinski definition) is 9. The van der Waals surface area contributed by atoms with Crippen LogP contribution in [0.4, 0.5) is 5.82 Å². The Hall–Kier alpha value is -4.25. The first kappa shape index (κ1) is 16.4. The van der Waals surface area contributed by atoms with Crippen molar-refractivity contribution < 1.29 is 30.9 Å². The van der Waals surface area contributed by atoms with Crippen LogP contribution < -0.4 is 18.9 Å². The predicted octanol–water partition coefficient (Wildman–Crippen LogP) is 3.85. The summed E-state index contributed by atoms with van der Waals surface area (Å²) in [7, 11) is -5.99. The van der Waals surface area contributed by atoms with E-state index in [4.69, 9.17) is 22.4 Å². The molecule has 0 aliphatic rings. The summed E-state index contributed by atoms with van der Waals surface area (Å²) in [5.41, 5.74) is 0.316. The number of benzene rings is 1. The van der Waals surface area contributed by atoms with E-state index in [9.17, 15) is 8.42 Å². The minimum absolute atomic E-state index is 0.0436. The van der Waals surface area contributed by atoms with Crippen molar-refractivity contribution in [1.29, 1.82) is 0 Å². The van der Waals surface area contributed by atoms with Gasteiger partial charge in [0.25, 0.3) is 15.9 Å². The van der Waals surface area contributed by atoms with Crippen LogP contribution in [0.2, 0.25) is 0 Å². The molecule has 4 rings (SSSR count). The number of aryl methyl sites for hydroxylation is 1. The smallest absolute Gasteiger partial charge is 0.280 e. The third kappa shape index (κ3) is 4.89. The van der Waals surface area contributed by atoms with Crippen LogP contribution in [0, 0.1) is 6.85 Å². The molecule has 0 saturated heterocycles. The molecule has 0 amide bonds. The minimum atomic E-state index is -4.46. The molecular formula is C23H21N5O5S. The number of pyridine rings is 2. The van der Waals surface area contributed by atoms with Crippen LogP contribution in [0.1, 0.15) is 13.8 Å². The highest BCUT2D eigenvalue weighted by Crippen LogP contribution is 2.41. The first-order valence-electron chi connectivity index (χ1n) is 12.6. The highest BCUT2D eigenvalue weighted by atomic mass is 32.2. The topological polar surface area (TPSA) is 125 Å². The SMILES string of the molecule is [2H]C([2H])([2H])Oc1ccccc1Oc1c(NS(=O)(=O)c2ccc(C([2H])([2H])[2H])cn2)nc(-c2ccncc2)nc1OC. The van der Waals surface area contributed by atoms with Gasteiger partial charge in [-0.3, -0.25) is 9.71 Å². The molecule has 11 heteroatoms. The molecule has 0 unspecified atom stereocenters. The van der Waals surface area contributed by atoms with Crippen LogP contribution in [0.15, 0.2) is 72.1 Å². The monoisotopic (exact) mass is 485 g/mol. The Bertz CT molecular complexity index is 1600. The van der Waals surface area contributed by atoms with E-state index in [1.54, 1.807) is 18.2 Å². The Balaban J connectivity index is 1.83. The van der Waals surface area contributed by atoms with Gasteiger partial charge in [0.1, 0.15) is 0 Å². The standard InChI is InChI=1S/C23H21N5O5S/c1-15-8-9-19(25-14-15)34(29,30)28-22-20(33-18-7-5-4-6-17(18)31-2)23(32-3)27-21(26-22)16-10-12-24-13-11-16/h4-14H,1-3H3,(H,26,27,28)/i1D3,2D3. The van der Waals surface area contributed by atoms with E-state index in [0.717, 1.165) is 18.3 Å². The van der Waals surface area contributed by atoms with Crippen molar-refractivity contribution in [3.05, 3.63) is 72.7 Å². The maximum absolute atomic E-state index is 13.3. The lowest BCUT2D eigenvalue weighted by molar-refractivity contribution is 0.348. The number of aromatic nitrogens is 4. The second kappa shape index (κ2) is 9.71. The predicted molar refractivity (Wildman–Crippen MR) is 125 cm³/mol. The zero-order chi connectivity index (χ0) is 29.1. The molecule has 174 valence electrons. The van der Waals surface area contributed by atoms with E-state index in [2.05, 4.69) is 24.7 Å². The first-order chi connectivity index (χ1) is 18.8. The number of sulfonamides is 1. The normalized spacial score (nSPS) is 14.4. The molecule has 0 atom stereocenters.